The van der Waals surface area contributed by atoms with Gasteiger partial charge >= 0.3 is 5.97 Å². The zero-order valence-corrected chi connectivity index (χ0v) is 9.17. The van der Waals surface area contributed by atoms with Crippen LogP contribution in [0.5, 0.6) is 0 Å². The molecule has 0 fully saturated rings. The lowest BCUT2D eigenvalue weighted by Crippen LogP contribution is -1.97. The Bertz CT molecular complexity index is 309. The first kappa shape index (κ1) is 10.5. The van der Waals surface area contributed by atoms with Gasteiger partial charge in [0.1, 0.15) is 0 Å². The number of aromatic nitrogens is 1. The van der Waals surface area contributed by atoms with Crippen molar-refractivity contribution < 1.29 is 9.90 Å². The zero-order chi connectivity index (χ0) is 9.84. The third-order valence-electron chi connectivity index (χ3n) is 1.53. The number of carbonyl (C=O) groups is 1. The molecule has 0 saturated heterocycles. The molecular formula is C8H11NO2S2. The van der Waals surface area contributed by atoms with Gasteiger partial charge in [0.2, 0.25) is 0 Å². The topological polar surface area (TPSA) is 50.2 Å². The van der Waals surface area contributed by atoms with E-state index in [0.717, 1.165) is 16.5 Å². The monoisotopic (exact) mass is 217 g/mol. The standard InChI is InChI=1S/C8H11NO2S2/c1-3-6-5(2)13-8(9-6)12-4-7(10)11/h3-4H2,1-2H3,(H,10,11). The summed E-state index contributed by atoms with van der Waals surface area (Å²) in [7, 11) is 0. The fourth-order valence-electron chi connectivity index (χ4n) is 0.915. The third kappa shape index (κ3) is 3.00. The summed E-state index contributed by atoms with van der Waals surface area (Å²) in [5.41, 5.74) is 1.08. The van der Waals surface area contributed by atoms with Crippen molar-refractivity contribution in [3.05, 3.63) is 10.6 Å². The molecule has 1 aromatic heterocycles. The minimum absolute atomic E-state index is 0.0934. The molecule has 0 unspecified atom stereocenters. The van der Waals surface area contributed by atoms with Gasteiger partial charge in [-0.05, 0) is 13.3 Å². The van der Waals surface area contributed by atoms with E-state index in [9.17, 15) is 4.79 Å². The van der Waals surface area contributed by atoms with Gasteiger partial charge in [0, 0.05) is 4.88 Å². The number of carboxylic acid groups (broad SMARTS) is 1. The Morgan fingerprint density at radius 2 is 2.38 bits per heavy atom. The SMILES string of the molecule is CCc1nc(SCC(=O)O)sc1C. The molecule has 0 aliphatic carbocycles. The van der Waals surface area contributed by atoms with Crippen LogP contribution in [0.3, 0.4) is 0 Å². The van der Waals surface area contributed by atoms with E-state index in [2.05, 4.69) is 4.98 Å². The van der Waals surface area contributed by atoms with Crippen LogP contribution in [0.1, 0.15) is 17.5 Å². The quantitative estimate of drug-likeness (QED) is 0.785. The number of hydrogen-bond donors (Lipinski definition) is 1. The Balaban J connectivity index is 2.62. The molecule has 1 rings (SSSR count). The summed E-state index contributed by atoms with van der Waals surface area (Å²) < 4.78 is 0.858. The molecule has 13 heavy (non-hydrogen) atoms. The minimum Gasteiger partial charge on any atom is -0.481 e. The van der Waals surface area contributed by atoms with Gasteiger partial charge in [-0.3, -0.25) is 4.79 Å². The summed E-state index contributed by atoms with van der Waals surface area (Å²) in [6, 6.07) is 0. The van der Waals surface area contributed by atoms with Crippen LogP contribution in [0.2, 0.25) is 0 Å². The Hall–Kier alpha value is -0.550. The molecule has 0 atom stereocenters. The van der Waals surface area contributed by atoms with Gasteiger partial charge in [0.15, 0.2) is 4.34 Å². The van der Waals surface area contributed by atoms with E-state index in [0.29, 0.717) is 0 Å². The Labute approximate surface area is 85.2 Å². The zero-order valence-electron chi connectivity index (χ0n) is 7.53. The van der Waals surface area contributed by atoms with Crippen molar-refractivity contribution in [1.29, 1.82) is 0 Å². The van der Waals surface area contributed by atoms with Crippen LogP contribution in [0.25, 0.3) is 0 Å². The normalized spacial score (nSPS) is 10.3. The maximum absolute atomic E-state index is 10.3. The molecule has 1 N–H and O–H groups in total. The predicted octanol–water partition coefficient (Wildman–Crippen LogP) is 2.19. The minimum atomic E-state index is -0.795. The largest absolute Gasteiger partial charge is 0.481 e. The fourth-order valence-corrected chi connectivity index (χ4v) is 2.85. The van der Waals surface area contributed by atoms with Gasteiger partial charge in [-0.2, -0.15) is 0 Å². The molecule has 0 bridgehead atoms. The van der Waals surface area contributed by atoms with Gasteiger partial charge in [-0.1, -0.05) is 18.7 Å². The van der Waals surface area contributed by atoms with Crippen molar-refractivity contribution >= 4 is 29.1 Å². The maximum Gasteiger partial charge on any atom is 0.313 e. The van der Waals surface area contributed by atoms with Crippen molar-refractivity contribution in [2.45, 2.75) is 24.6 Å². The number of thiazole rings is 1. The van der Waals surface area contributed by atoms with Crippen molar-refractivity contribution in [2.75, 3.05) is 5.75 Å². The van der Waals surface area contributed by atoms with Crippen LogP contribution in [0.4, 0.5) is 0 Å². The van der Waals surface area contributed by atoms with Gasteiger partial charge < -0.3 is 5.11 Å². The first-order valence-corrected chi connectivity index (χ1v) is 5.74. The smallest absolute Gasteiger partial charge is 0.313 e. The Morgan fingerprint density at radius 3 is 2.85 bits per heavy atom. The summed E-state index contributed by atoms with van der Waals surface area (Å²) in [6.45, 7) is 4.06. The van der Waals surface area contributed by atoms with Gasteiger partial charge in [-0.15, -0.1) is 11.3 Å². The molecule has 5 heteroatoms. The highest BCUT2D eigenvalue weighted by atomic mass is 32.2. The molecule has 0 amide bonds. The second-order valence-electron chi connectivity index (χ2n) is 2.52. The average Bonchev–Trinajstić information content (AvgIpc) is 2.43. The van der Waals surface area contributed by atoms with Crippen molar-refractivity contribution in [1.82, 2.24) is 4.98 Å². The lowest BCUT2D eigenvalue weighted by Gasteiger charge is -1.89. The Morgan fingerprint density at radius 1 is 1.69 bits per heavy atom. The summed E-state index contributed by atoms with van der Waals surface area (Å²) in [6.07, 6.45) is 0.913. The number of carboxylic acids is 1. The van der Waals surface area contributed by atoms with Gasteiger partial charge in [0.25, 0.3) is 0 Å². The number of aliphatic carboxylic acids is 1. The van der Waals surface area contributed by atoms with Crippen molar-refractivity contribution in [3.8, 4) is 0 Å². The molecule has 0 radical (unpaired) electrons. The first-order chi connectivity index (χ1) is 6.13. The molecule has 0 aliphatic heterocycles. The van der Waals surface area contributed by atoms with Crippen LogP contribution in [-0.4, -0.2) is 21.8 Å². The third-order valence-corrected chi connectivity index (χ3v) is 3.67. The average molecular weight is 217 g/mol. The molecule has 0 aliphatic rings. The van der Waals surface area contributed by atoms with Gasteiger partial charge in [0.05, 0.1) is 11.4 Å². The predicted molar refractivity (Wildman–Crippen MR) is 54.6 cm³/mol. The van der Waals surface area contributed by atoms with Gasteiger partial charge in [-0.25, -0.2) is 4.98 Å². The summed E-state index contributed by atoms with van der Waals surface area (Å²) in [4.78, 5) is 15.8. The summed E-state index contributed by atoms with van der Waals surface area (Å²) in [5.74, 6) is -0.702. The lowest BCUT2D eigenvalue weighted by molar-refractivity contribution is -0.133. The highest BCUT2D eigenvalue weighted by molar-refractivity contribution is 8.01. The molecule has 0 aromatic carbocycles. The molecule has 1 heterocycles. The van der Waals surface area contributed by atoms with E-state index in [1.54, 1.807) is 11.3 Å². The Kier molecular flexibility index (Phi) is 3.74. The number of nitrogens with zero attached hydrogens (tertiary/aromatic N) is 1. The molecular weight excluding hydrogens is 206 g/mol. The first-order valence-electron chi connectivity index (χ1n) is 3.94. The molecule has 3 nitrogen and oxygen atoms in total. The highest BCUT2D eigenvalue weighted by Gasteiger charge is 2.07. The summed E-state index contributed by atoms with van der Waals surface area (Å²) >= 11 is 2.86. The van der Waals surface area contributed by atoms with E-state index in [-0.39, 0.29) is 5.75 Å². The lowest BCUT2D eigenvalue weighted by atomic mass is 10.3. The van der Waals surface area contributed by atoms with E-state index < -0.39 is 5.97 Å². The van der Waals surface area contributed by atoms with Crippen molar-refractivity contribution in [2.24, 2.45) is 0 Å². The molecule has 0 spiro atoms. The number of aryl methyl sites for hydroxylation is 2. The van der Waals surface area contributed by atoms with Crippen LogP contribution in [0, 0.1) is 6.92 Å². The maximum atomic E-state index is 10.3. The van der Waals surface area contributed by atoms with E-state index in [1.807, 2.05) is 13.8 Å². The van der Waals surface area contributed by atoms with E-state index in [4.69, 9.17) is 5.11 Å². The molecule has 0 saturated carbocycles. The van der Waals surface area contributed by atoms with Crippen LogP contribution >= 0.6 is 23.1 Å². The summed E-state index contributed by atoms with van der Waals surface area (Å²) in [5, 5.41) is 8.46. The number of hydrogen-bond acceptors (Lipinski definition) is 4. The number of rotatable bonds is 4. The molecule has 72 valence electrons. The van der Waals surface area contributed by atoms with Crippen LogP contribution in [0.15, 0.2) is 4.34 Å². The second kappa shape index (κ2) is 4.62. The van der Waals surface area contributed by atoms with E-state index in [1.165, 1.54) is 16.6 Å². The number of thioether (sulfide) groups is 1. The second-order valence-corrected chi connectivity index (χ2v) is 4.94. The highest BCUT2D eigenvalue weighted by Crippen LogP contribution is 2.26. The van der Waals surface area contributed by atoms with Crippen molar-refractivity contribution in [3.63, 3.8) is 0 Å². The van der Waals surface area contributed by atoms with Crippen LogP contribution < -0.4 is 0 Å². The molecule has 1 aromatic rings. The fraction of sp³-hybridized carbons (Fsp3) is 0.500. The van der Waals surface area contributed by atoms with E-state index >= 15 is 0 Å². The van der Waals surface area contributed by atoms with Crippen LogP contribution in [-0.2, 0) is 11.2 Å².